The lowest BCUT2D eigenvalue weighted by Crippen LogP contribution is -2.44. The number of likely N-dealkylation sites (N-methyl/N-ethyl adjacent to an activating group) is 1. The van der Waals surface area contributed by atoms with Crippen LogP contribution in [0.3, 0.4) is 0 Å². The first-order chi connectivity index (χ1) is 9.24. The molecule has 1 fully saturated rings. The molecule has 0 radical (unpaired) electrons. The number of ether oxygens (including phenoxy) is 2. The normalized spacial score (nSPS) is 19.2. The first kappa shape index (κ1) is 14.2. The molecule has 0 spiro atoms. The van der Waals surface area contributed by atoms with Gasteiger partial charge in [-0.2, -0.15) is 0 Å². The van der Waals surface area contributed by atoms with Crippen LogP contribution in [0.1, 0.15) is 12.5 Å². The number of rotatable bonds is 5. The van der Waals surface area contributed by atoms with E-state index in [0.717, 1.165) is 38.4 Å². The Morgan fingerprint density at radius 1 is 1.47 bits per heavy atom. The van der Waals surface area contributed by atoms with Gasteiger partial charge < -0.3 is 19.7 Å². The molecule has 1 aliphatic rings. The van der Waals surface area contributed by atoms with Crippen LogP contribution in [0.15, 0.2) is 18.2 Å². The molecule has 1 N–H and O–H groups in total. The molecule has 2 rings (SSSR count). The van der Waals surface area contributed by atoms with Gasteiger partial charge in [0.1, 0.15) is 5.75 Å². The summed E-state index contributed by atoms with van der Waals surface area (Å²) in [6.45, 7) is 5.75. The molecule has 4 heteroatoms. The lowest BCUT2D eigenvalue weighted by Gasteiger charge is -2.29. The van der Waals surface area contributed by atoms with E-state index < -0.39 is 0 Å². The van der Waals surface area contributed by atoms with Crippen molar-refractivity contribution < 1.29 is 9.47 Å². The summed E-state index contributed by atoms with van der Waals surface area (Å²) in [5, 5.41) is 3.36. The van der Waals surface area contributed by atoms with Crippen molar-refractivity contribution in [1.29, 1.82) is 0 Å². The lowest BCUT2D eigenvalue weighted by molar-refractivity contribution is 0.0340. The molecule has 106 valence electrons. The van der Waals surface area contributed by atoms with E-state index in [-0.39, 0.29) is 6.10 Å². The smallest absolute Gasteiger partial charge is 0.122 e. The third-order valence-corrected chi connectivity index (χ3v) is 3.57. The van der Waals surface area contributed by atoms with Crippen LogP contribution in [-0.4, -0.2) is 46.5 Å². The van der Waals surface area contributed by atoms with E-state index in [1.54, 1.807) is 7.11 Å². The Kier molecular flexibility index (Phi) is 5.05. The van der Waals surface area contributed by atoms with E-state index >= 15 is 0 Å². The molecule has 1 aliphatic heterocycles. The molecule has 1 unspecified atom stereocenters. The van der Waals surface area contributed by atoms with Crippen LogP contribution in [0.5, 0.6) is 5.75 Å². The monoisotopic (exact) mass is 264 g/mol. The summed E-state index contributed by atoms with van der Waals surface area (Å²) >= 11 is 0. The van der Waals surface area contributed by atoms with Crippen molar-refractivity contribution >= 4 is 5.69 Å². The van der Waals surface area contributed by atoms with Gasteiger partial charge >= 0.3 is 0 Å². The average molecular weight is 264 g/mol. The number of methoxy groups -OCH3 is 1. The van der Waals surface area contributed by atoms with Crippen molar-refractivity contribution in [2.45, 2.75) is 19.4 Å². The fourth-order valence-corrected chi connectivity index (χ4v) is 2.43. The van der Waals surface area contributed by atoms with E-state index in [0.29, 0.717) is 0 Å². The minimum absolute atomic E-state index is 0.269. The summed E-state index contributed by atoms with van der Waals surface area (Å²) in [7, 11) is 3.83. The van der Waals surface area contributed by atoms with Crippen molar-refractivity contribution in [2.24, 2.45) is 0 Å². The van der Waals surface area contributed by atoms with Gasteiger partial charge in [0.25, 0.3) is 0 Å². The maximum atomic E-state index is 5.74. The highest BCUT2D eigenvalue weighted by Gasteiger charge is 2.16. The third-order valence-electron chi connectivity index (χ3n) is 3.57. The van der Waals surface area contributed by atoms with Crippen molar-refractivity contribution in [1.82, 2.24) is 5.32 Å². The lowest BCUT2D eigenvalue weighted by atomic mass is 10.1. The molecule has 1 saturated heterocycles. The average Bonchev–Trinajstić information content (AvgIpc) is 2.47. The molecule has 0 aromatic heterocycles. The number of morpholine rings is 1. The van der Waals surface area contributed by atoms with Crippen molar-refractivity contribution in [3.63, 3.8) is 0 Å². The van der Waals surface area contributed by atoms with Gasteiger partial charge in [0.2, 0.25) is 0 Å². The number of hydrogen-bond donors (Lipinski definition) is 1. The third kappa shape index (κ3) is 3.61. The quantitative estimate of drug-likeness (QED) is 0.877. The van der Waals surface area contributed by atoms with Gasteiger partial charge in [-0.25, -0.2) is 0 Å². The summed E-state index contributed by atoms with van der Waals surface area (Å²) in [4.78, 5) is 2.25. The minimum Gasteiger partial charge on any atom is -0.496 e. The van der Waals surface area contributed by atoms with Gasteiger partial charge in [-0.15, -0.1) is 0 Å². The van der Waals surface area contributed by atoms with Crippen molar-refractivity contribution in [3.8, 4) is 5.75 Å². The van der Waals surface area contributed by atoms with E-state index in [2.05, 4.69) is 36.3 Å². The maximum absolute atomic E-state index is 5.74. The number of benzene rings is 1. The first-order valence-corrected chi connectivity index (χ1v) is 6.95. The molecule has 1 heterocycles. The molecular formula is C15H24N2O2. The SMILES string of the molecule is CCc1cc(N(C)CC2CNCCO2)ccc1OC. The number of nitrogens with one attached hydrogen (secondary N) is 1. The zero-order valence-electron chi connectivity index (χ0n) is 12.1. The van der Waals surface area contributed by atoms with Gasteiger partial charge in [0.15, 0.2) is 0 Å². The van der Waals surface area contributed by atoms with Gasteiger partial charge in [-0.3, -0.25) is 0 Å². The van der Waals surface area contributed by atoms with E-state index in [4.69, 9.17) is 9.47 Å². The van der Waals surface area contributed by atoms with E-state index in [1.807, 2.05) is 6.07 Å². The second kappa shape index (κ2) is 6.78. The van der Waals surface area contributed by atoms with Crippen LogP contribution < -0.4 is 15.0 Å². The zero-order chi connectivity index (χ0) is 13.7. The second-order valence-corrected chi connectivity index (χ2v) is 4.93. The van der Waals surface area contributed by atoms with E-state index in [9.17, 15) is 0 Å². The topological polar surface area (TPSA) is 33.7 Å². The first-order valence-electron chi connectivity index (χ1n) is 6.95. The van der Waals surface area contributed by atoms with Crippen LogP contribution >= 0.6 is 0 Å². The highest BCUT2D eigenvalue weighted by molar-refractivity contribution is 5.52. The molecule has 0 bridgehead atoms. The molecule has 4 nitrogen and oxygen atoms in total. The molecule has 0 aliphatic carbocycles. The van der Waals surface area contributed by atoms with Crippen LogP contribution in [0.25, 0.3) is 0 Å². The standard InChI is InChI=1S/C15H24N2O2/c1-4-12-9-13(5-6-15(12)18-3)17(2)11-14-10-16-7-8-19-14/h5-6,9,14,16H,4,7-8,10-11H2,1-3H3. The van der Waals surface area contributed by atoms with Crippen LogP contribution in [0.2, 0.25) is 0 Å². The Hall–Kier alpha value is -1.26. The van der Waals surface area contributed by atoms with Gasteiger partial charge in [0, 0.05) is 32.4 Å². The Balaban J connectivity index is 2.03. The summed E-state index contributed by atoms with van der Waals surface area (Å²) in [5.74, 6) is 0.968. The van der Waals surface area contributed by atoms with Gasteiger partial charge in [-0.05, 0) is 30.2 Å². The molecule has 1 aromatic carbocycles. The Bertz CT molecular complexity index is 403. The van der Waals surface area contributed by atoms with Crippen LogP contribution in [-0.2, 0) is 11.2 Å². The van der Waals surface area contributed by atoms with E-state index in [1.165, 1.54) is 11.3 Å². The fourth-order valence-electron chi connectivity index (χ4n) is 2.43. The number of nitrogens with zero attached hydrogens (tertiary/aromatic N) is 1. The molecular weight excluding hydrogens is 240 g/mol. The molecule has 19 heavy (non-hydrogen) atoms. The number of anilines is 1. The van der Waals surface area contributed by atoms with Gasteiger partial charge in [-0.1, -0.05) is 6.92 Å². The summed E-state index contributed by atoms with van der Waals surface area (Å²) < 4.78 is 11.1. The van der Waals surface area contributed by atoms with Crippen LogP contribution in [0, 0.1) is 0 Å². The zero-order valence-corrected chi connectivity index (χ0v) is 12.1. The van der Waals surface area contributed by atoms with Gasteiger partial charge in [0.05, 0.1) is 19.8 Å². The summed E-state index contributed by atoms with van der Waals surface area (Å²) in [6, 6.07) is 6.36. The van der Waals surface area contributed by atoms with Crippen molar-refractivity contribution in [3.05, 3.63) is 23.8 Å². The molecule has 1 aromatic rings. The second-order valence-electron chi connectivity index (χ2n) is 4.93. The fraction of sp³-hybridized carbons (Fsp3) is 0.600. The minimum atomic E-state index is 0.269. The highest BCUT2D eigenvalue weighted by Crippen LogP contribution is 2.25. The predicted octanol–water partition coefficient (Wildman–Crippen LogP) is 1.68. The van der Waals surface area contributed by atoms with Crippen molar-refractivity contribution in [2.75, 3.05) is 45.3 Å². The number of aryl methyl sites for hydroxylation is 1. The molecule has 0 amide bonds. The van der Waals surface area contributed by atoms with Crippen LogP contribution in [0.4, 0.5) is 5.69 Å². The molecule has 0 saturated carbocycles. The summed E-state index contributed by atoms with van der Waals surface area (Å²) in [5.41, 5.74) is 2.46. The number of hydrogen-bond acceptors (Lipinski definition) is 4. The highest BCUT2D eigenvalue weighted by atomic mass is 16.5. The Labute approximate surface area is 115 Å². The Morgan fingerprint density at radius 2 is 2.32 bits per heavy atom. The Morgan fingerprint density at radius 3 is 2.95 bits per heavy atom. The summed E-state index contributed by atoms with van der Waals surface area (Å²) in [6.07, 6.45) is 1.25. The predicted molar refractivity (Wildman–Crippen MR) is 78.3 cm³/mol. The largest absolute Gasteiger partial charge is 0.496 e. The molecule has 1 atom stereocenters. The maximum Gasteiger partial charge on any atom is 0.122 e.